The fourth-order valence-corrected chi connectivity index (χ4v) is 1.65. The molecule has 1 saturated heterocycles. The van der Waals surface area contributed by atoms with E-state index in [0.29, 0.717) is 13.2 Å². The number of likely N-dealkylation sites (N-methyl/N-ethyl adjacent to an activating group) is 1. The highest BCUT2D eigenvalue weighted by Crippen LogP contribution is 2.00. The van der Waals surface area contributed by atoms with Crippen LogP contribution in [0.5, 0.6) is 0 Å². The first kappa shape index (κ1) is 13.4. The first-order chi connectivity index (χ1) is 7.61. The molecule has 0 aromatic rings. The van der Waals surface area contributed by atoms with Crippen molar-refractivity contribution in [1.82, 2.24) is 15.1 Å². The average molecular weight is 229 g/mol. The van der Waals surface area contributed by atoms with Crippen molar-refractivity contribution in [3.8, 4) is 0 Å². The quantitative estimate of drug-likeness (QED) is 0.683. The van der Waals surface area contributed by atoms with Crippen LogP contribution >= 0.6 is 0 Å². The van der Waals surface area contributed by atoms with Crippen molar-refractivity contribution in [3.63, 3.8) is 0 Å². The van der Waals surface area contributed by atoms with Gasteiger partial charge in [0.2, 0.25) is 5.91 Å². The van der Waals surface area contributed by atoms with E-state index in [9.17, 15) is 4.79 Å². The van der Waals surface area contributed by atoms with Gasteiger partial charge in [0.05, 0.1) is 19.3 Å². The Morgan fingerprint density at radius 2 is 2.06 bits per heavy atom. The molecule has 1 amide bonds. The van der Waals surface area contributed by atoms with Crippen LogP contribution in [-0.4, -0.2) is 75.2 Å². The van der Waals surface area contributed by atoms with Crippen LogP contribution in [0.3, 0.4) is 0 Å². The lowest BCUT2D eigenvalue weighted by Crippen LogP contribution is -2.50. The normalized spacial score (nSPS) is 18.9. The van der Waals surface area contributed by atoms with Gasteiger partial charge in [-0.15, -0.1) is 0 Å². The maximum atomic E-state index is 12.0. The molecule has 5 nitrogen and oxygen atoms in total. The minimum atomic E-state index is -0.0990. The molecule has 5 heteroatoms. The third kappa shape index (κ3) is 4.47. The smallest absolute Gasteiger partial charge is 0.239 e. The van der Waals surface area contributed by atoms with Crippen molar-refractivity contribution in [2.24, 2.45) is 0 Å². The standard InChI is InChI=1S/C11H23N3O2/c1-10(12-4-5-13(2)3)11(15)14-6-8-16-9-7-14/h10,12H,4-9H2,1-3H3/t10-/m0/s1. The lowest BCUT2D eigenvalue weighted by molar-refractivity contribution is -0.137. The lowest BCUT2D eigenvalue weighted by Gasteiger charge is -2.29. The minimum absolute atomic E-state index is 0.0990. The van der Waals surface area contributed by atoms with Crippen LogP contribution < -0.4 is 5.32 Å². The highest BCUT2D eigenvalue weighted by atomic mass is 16.5. The topological polar surface area (TPSA) is 44.8 Å². The second-order valence-corrected chi connectivity index (χ2v) is 4.42. The van der Waals surface area contributed by atoms with Gasteiger partial charge >= 0.3 is 0 Å². The van der Waals surface area contributed by atoms with Crippen LogP contribution in [0, 0.1) is 0 Å². The molecular formula is C11H23N3O2. The fourth-order valence-electron chi connectivity index (χ4n) is 1.65. The number of amides is 1. The first-order valence-electron chi connectivity index (χ1n) is 5.86. The van der Waals surface area contributed by atoms with E-state index in [-0.39, 0.29) is 11.9 Å². The highest BCUT2D eigenvalue weighted by Gasteiger charge is 2.21. The predicted octanol–water partition coefficient (Wildman–Crippen LogP) is -0.615. The average Bonchev–Trinajstić information content (AvgIpc) is 2.28. The second-order valence-electron chi connectivity index (χ2n) is 4.42. The molecule has 0 radical (unpaired) electrons. The largest absolute Gasteiger partial charge is 0.378 e. The summed E-state index contributed by atoms with van der Waals surface area (Å²) in [5.74, 6) is 0.182. The third-order valence-electron chi connectivity index (χ3n) is 2.70. The summed E-state index contributed by atoms with van der Waals surface area (Å²) in [6.07, 6.45) is 0. The summed E-state index contributed by atoms with van der Waals surface area (Å²) >= 11 is 0. The Morgan fingerprint density at radius 1 is 1.44 bits per heavy atom. The molecule has 1 heterocycles. The molecule has 1 rings (SSSR count). The van der Waals surface area contributed by atoms with Crippen LogP contribution in [0.25, 0.3) is 0 Å². The van der Waals surface area contributed by atoms with Crippen LogP contribution in [0.1, 0.15) is 6.92 Å². The van der Waals surface area contributed by atoms with E-state index < -0.39 is 0 Å². The van der Waals surface area contributed by atoms with Gasteiger partial charge in [-0.05, 0) is 21.0 Å². The van der Waals surface area contributed by atoms with Crippen molar-refractivity contribution in [3.05, 3.63) is 0 Å². The van der Waals surface area contributed by atoms with Crippen molar-refractivity contribution < 1.29 is 9.53 Å². The summed E-state index contributed by atoms with van der Waals surface area (Å²) in [6, 6.07) is -0.0990. The van der Waals surface area contributed by atoms with Crippen LogP contribution in [0.4, 0.5) is 0 Å². The number of hydrogen-bond donors (Lipinski definition) is 1. The molecular weight excluding hydrogens is 206 g/mol. The molecule has 0 saturated carbocycles. The fraction of sp³-hybridized carbons (Fsp3) is 0.909. The predicted molar refractivity (Wildman–Crippen MR) is 63.4 cm³/mol. The van der Waals surface area contributed by atoms with Gasteiger partial charge < -0.3 is 19.9 Å². The van der Waals surface area contributed by atoms with E-state index in [4.69, 9.17) is 4.74 Å². The molecule has 0 unspecified atom stereocenters. The van der Waals surface area contributed by atoms with Gasteiger partial charge in [0.25, 0.3) is 0 Å². The number of ether oxygens (including phenoxy) is 1. The van der Waals surface area contributed by atoms with Crippen molar-refractivity contribution in [2.45, 2.75) is 13.0 Å². The number of morpholine rings is 1. The van der Waals surface area contributed by atoms with E-state index in [1.54, 1.807) is 0 Å². The Morgan fingerprint density at radius 3 is 2.62 bits per heavy atom. The molecule has 0 bridgehead atoms. The molecule has 1 N–H and O–H groups in total. The molecule has 94 valence electrons. The summed E-state index contributed by atoms with van der Waals surface area (Å²) < 4.78 is 5.22. The number of carbonyl (C=O) groups excluding carboxylic acids is 1. The lowest BCUT2D eigenvalue weighted by atomic mass is 10.2. The molecule has 1 atom stereocenters. The Labute approximate surface area is 97.7 Å². The zero-order valence-corrected chi connectivity index (χ0v) is 10.5. The van der Waals surface area contributed by atoms with E-state index in [1.807, 2.05) is 25.9 Å². The maximum Gasteiger partial charge on any atom is 0.239 e. The molecule has 0 aromatic carbocycles. The van der Waals surface area contributed by atoms with Crippen LogP contribution in [-0.2, 0) is 9.53 Å². The van der Waals surface area contributed by atoms with Crippen LogP contribution in [0.2, 0.25) is 0 Å². The zero-order valence-electron chi connectivity index (χ0n) is 10.5. The molecule has 0 spiro atoms. The Hall–Kier alpha value is -0.650. The summed E-state index contributed by atoms with van der Waals surface area (Å²) in [6.45, 7) is 6.47. The van der Waals surface area contributed by atoms with E-state index >= 15 is 0 Å². The molecule has 1 fully saturated rings. The number of nitrogens with one attached hydrogen (secondary N) is 1. The SMILES string of the molecule is C[C@H](NCCN(C)C)C(=O)N1CCOCC1. The molecule has 1 aliphatic rings. The summed E-state index contributed by atoms with van der Waals surface area (Å²) in [5, 5.41) is 3.24. The number of nitrogens with zero attached hydrogens (tertiary/aromatic N) is 2. The minimum Gasteiger partial charge on any atom is -0.378 e. The molecule has 16 heavy (non-hydrogen) atoms. The van der Waals surface area contributed by atoms with Gasteiger partial charge in [-0.1, -0.05) is 0 Å². The van der Waals surface area contributed by atoms with Gasteiger partial charge in [-0.25, -0.2) is 0 Å². The first-order valence-corrected chi connectivity index (χ1v) is 5.86. The molecule has 0 aliphatic carbocycles. The maximum absolute atomic E-state index is 12.0. The Balaban J connectivity index is 2.23. The summed E-state index contributed by atoms with van der Waals surface area (Å²) in [5.41, 5.74) is 0. The summed E-state index contributed by atoms with van der Waals surface area (Å²) in [4.78, 5) is 15.9. The summed E-state index contributed by atoms with van der Waals surface area (Å²) in [7, 11) is 4.05. The van der Waals surface area contributed by atoms with Gasteiger partial charge in [-0.3, -0.25) is 4.79 Å². The van der Waals surface area contributed by atoms with Gasteiger partial charge in [0, 0.05) is 26.2 Å². The van der Waals surface area contributed by atoms with Crippen molar-refractivity contribution in [1.29, 1.82) is 0 Å². The Kier molecular flexibility index (Phi) is 5.73. The van der Waals surface area contributed by atoms with Crippen LogP contribution in [0.15, 0.2) is 0 Å². The number of carbonyl (C=O) groups is 1. The zero-order chi connectivity index (χ0) is 12.0. The monoisotopic (exact) mass is 229 g/mol. The highest BCUT2D eigenvalue weighted by molar-refractivity contribution is 5.81. The number of hydrogen-bond acceptors (Lipinski definition) is 4. The van der Waals surface area contributed by atoms with E-state index in [0.717, 1.165) is 26.2 Å². The van der Waals surface area contributed by atoms with E-state index in [1.165, 1.54) is 0 Å². The molecule has 1 aliphatic heterocycles. The molecule has 0 aromatic heterocycles. The van der Waals surface area contributed by atoms with Gasteiger partial charge in [-0.2, -0.15) is 0 Å². The van der Waals surface area contributed by atoms with Crippen molar-refractivity contribution in [2.75, 3.05) is 53.5 Å². The van der Waals surface area contributed by atoms with Crippen molar-refractivity contribution >= 4 is 5.91 Å². The van der Waals surface area contributed by atoms with E-state index in [2.05, 4.69) is 10.2 Å². The Bertz CT molecular complexity index is 215. The third-order valence-corrected chi connectivity index (χ3v) is 2.70. The second kappa shape index (κ2) is 6.83. The van der Waals surface area contributed by atoms with Gasteiger partial charge in [0.15, 0.2) is 0 Å². The number of rotatable bonds is 5. The van der Waals surface area contributed by atoms with Gasteiger partial charge in [0.1, 0.15) is 0 Å².